The van der Waals surface area contributed by atoms with Gasteiger partial charge in [0.25, 0.3) is 17.5 Å². The van der Waals surface area contributed by atoms with Gasteiger partial charge in [-0.3, -0.25) is 24.6 Å². The maximum Gasteiger partial charge on any atom is 0.294 e. The Morgan fingerprint density at radius 1 is 1.02 bits per heavy atom. The van der Waals surface area contributed by atoms with Gasteiger partial charge in [0.15, 0.2) is 5.69 Å². The van der Waals surface area contributed by atoms with Gasteiger partial charge in [-0.25, -0.2) is 4.68 Å². The molecule has 0 saturated carbocycles. The molecule has 0 bridgehead atoms. The standard InChI is InChI=1S/C32H33ClN8O5/c1-37-30(29(35-36-37)23-6-3-4-7-28(23)46-2)32(43)40-16-14-39(15-17-40)26-19-25(27(41(44)45)18-24(26)33)34-31(42)22-10-8-21(9-11-22)20-38-12-5-13-38/h3-4,6-11,18-19H,5,12-17,20H2,1-2H3,(H,34,42). The molecule has 2 fully saturated rings. The highest BCUT2D eigenvalue weighted by Crippen LogP contribution is 2.37. The van der Waals surface area contributed by atoms with E-state index in [1.165, 1.54) is 23.2 Å². The molecule has 4 aromatic rings. The van der Waals surface area contributed by atoms with Gasteiger partial charge in [-0.2, -0.15) is 0 Å². The van der Waals surface area contributed by atoms with Crippen molar-refractivity contribution in [3.8, 4) is 17.0 Å². The fraction of sp³-hybridized carbons (Fsp3) is 0.312. The molecular formula is C32H33ClN8O5. The number of ether oxygens (including phenoxy) is 1. The van der Waals surface area contributed by atoms with Crippen LogP contribution in [0.25, 0.3) is 11.3 Å². The maximum atomic E-state index is 13.7. The van der Waals surface area contributed by atoms with E-state index in [0.717, 1.165) is 25.2 Å². The number of benzene rings is 3. The number of para-hydroxylation sites is 1. The summed E-state index contributed by atoms with van der Waals surface area (Å²) in [6.45, 7) is 4.50. The van der Waals surface area contributed by atoms with Crippen LogP contribution in [0.5, 0.6) is 5.75 Å². The van der Waals surface area contributed by atoms with Crippen molar-refractivity contribution in [2.45, 2.75) is 13.0 Å². The quantitative estimate of drug-likeness (QED) is 0.206. The highest BCUT2D eigenvalue weighted by molar-refractivity contribution is 6.33. The Labute approximate surface area is 270 Å². The molecule has 238 valence electrons. The van der Waals surface area contributed by atoms with Crippen LogP contribution in [0, 0.1) is 10.1 Å². The van der Waals surface area contributed by atoms with Crippen molar-refractivity contribution in [2.75, 3.05) is 56.6 Å². The summed E-state index contributed by atoms with van der Waals surface area (Å²) in [5.41, 5.74) is 3.18. The SMILES string of the molecule is COc1ccccc1-c1nnn(C)c1C(=O)N1CCN(c2cc(NC(=O)c3ccc(CN4CCC4)cc3)c([N+](=O)[O-])cc2Cl)CC1. The molecule has 0 spiro atoms. The first-order chi connectivity index (χ1) is 22.2. The zero-order chi connectivity index (χ0) is 32.4. The van der Waals surface area contributed by atoms with E-state index >= 15 is 0 Å². The summed E-state index contributed by atoms with van der Waals surface area (Å²) in [4.78, 5) is 44.2. The molecule has 1 N–H and O–H groups in total. The van der Waals surface area contributed by atoms with Gasteiger partial charge in [0.2, 0.25) is 0 Å². The van der Waals surface area contributed by atoms with E-state index < -0.39 is 10.8 Å². The number of rotatable bonds is 9. The third-order valence-corrected chi connectivity index (χ3v) is 8.68. The number of hydrogen-bond acceptors (Lipinski definition) is 9. The highest BCUT2D eigenvalue weighted by atomic mass is 35.5. The molecule has 6 rings (SSSR count). The van der Waals surface area contributed by atoms with Gasteiger partial charge in [-0.05, 0) is 55.4 Å². The second-order valence-corrected chi connectivity index (χ2v) is 11.7. The second kappa shape index (κ2) is 13.2. The van der Waals surface area contributed by atoms with E-state index in [9.17, 15) is 19.7 Å². The number of nitro benzene ring substituents is 1. The van der Waals surface area contributed by atoms with Gasteiger partial charge in [-0.15, -0.1) is 5.10 Å². The predicted octanol–water partition coefficient (Wildman–Crippen LogP) is 4.47. The van der Waals surface area contributed by atoms with Gasteiger partial charge < -0.3 is 19.9 Å². The Hall–Kier alpha value is -5.01. The molecule has 3 heterocycles. The van der Waals surface area contributed by atoms with Crippen LogP contribution in [0.4, 0.5) is 17.1 Å². The minimum atomic E-state index is -0.570. The zero-order valence-corrected chi connectivity index (χ0v) is 26.2. The van der Waals surface area contributed by atoms with Crippen molar-refractivity contribution in [2.24, 2.45) is 7.05 Å². The van der Waals surface area contributed by atoms with Gasteiger partial charge in [0.1, 0.15) is 17.1 Å². The minimum absolute atomic E-state index is 0.0416. The topological polar surface area (TPSA) is 139 Å². The number of carbonyl (C=O) groups is 2. The predicted molar refractivity (Wildman–Crippen MR) is 174 cm³/mol. The first-order valence-corrected chi connectivity index (χ1v) is 15.3. The van der Waals surface area contributed by atoms with E-state index in [1.54, 1.807) is 37.3 Å². The van der Waals surface area contributed by atoms with Crippen LogP contribution >= 0.6 is 11.6 Å². The maximum absolute atomic E-state index is 13.7. The number of carbonyl (C=O) groups excluding carboxylic acids is 2. The van der Waals surface area contributed by atoms with Gasteiger partial charge in [0, 0.05) is 57.0 Å². The average Bonchev–Trinajstić information content (AvgIpc) is 3.44. The lowest BCUT2D eigenvalue weighted by molar-refractivity contribution is -0.383. The third-order valence-electron chi connectivity index (χ3n) is 8.38. The Balaban J connectivity index is 1.17. The van der Waals surface area contributed by atoms with E-state index in [4.69, 9.17) is 16.3 Å². The van der Waals surface area contributed by atoms with Crippen molar-refractivity contribution in [1.82, 2.24) is 24.8 Å². The molecule has 0 atom stereocenters. The fourth-order valence-electron chi connectivity index (χ4n) is 5.72. The molecule has 0 unspecified atom stereocenters. The van der Waals surface area contributed by atoms with E-state index in [1.807, 2.05) is 35.2 Å². The van der Waals surface area contributed by atoms with Crippen molar-refractivity contribution in [1.29, 1.82) is 0 Å². The Kier molecular flexibility index (Phi) is 8.86. The summed E-state index contributed by atoms with van der Waals surface area (Å²) in [5, 5.41) is 23.1. The number of anilines is 2. The summed E-state index contributed by atoms with van der Waals surface area (Å²) >= 11 is 6.55. The first-order valence-electron chi connectivity index (χ1n) is 14.9. The highest BCUT2D eigenvalue weighted by Gasteiger charge is 2.30. The number of amides is 2. The number of halogens is 1. The van der Waals surface area contributed by atoms with Crippen LogP contribution in [-0.2, 0) is 13.6 Å². The molecule has 2 amide bonds. The third kappa shape index (κ3) is 6.24. The molecule has 0 radical (unpaired) electrons. The summed E-state index contributed by atoms with van der Waals surface area (Å²) in [6.07, 6.45) is 1.20. The van der Waals surface area contributed by atoms with Gasteiger partial charge >= 0.3 is 0 Å². The fourth-order valence-corrected chi connectivity index (χ4v) is 6.00. The number of likely N-dealkylation sites (tertiary alicyclic amines) is 1. The summed E-state index contributed by atoms with van der Waals surface area (Å²) in [7, 11) is 3.23. The van der Waals surface area contributed by atoms with E-state index in [0.29, 0.717) is 60.1 Å². The Morgan fingerprint density at radius 3 is 2.39 bits per heavy atom. The number of nitrogens with zero attached hydrogens (tertiary/aromatic N) is 7. The number of aromatic nitrogens is 3. The minimum Gasteiger partial charge on any atom is -0.496 e. The Morgan fingerprint density at radius 2 is 1.74 bits per heavy atom. The molecule has 1 aromatic heterocycles. The molecule has 46 heavy (non-hydrogen) atoms. The molecule has 3 aromatic carbocycles. The number of aryl methyl sites for hydroxylation is 1. The molecule has 13 nitrogen and oxygen atoms in total. The van der Waals surface area contributed by atoms with Crippen molar-refractivity contribution >= 4 is 40.5 Å². The number of nitrogens with one attached hydrogen (secondary N) is 1. The normalized spacial score (nSPS) is 14.9. The van der Waals surface area contributed by atoms with E-state index in [-0.39, 0.29) is 22.3 Å². The molecule has 14 heteroatoms. The van der Waals surface area contributed by atoms with Crippen LogP contribution in [0.1, 0.15) is 32.8 Å². The monoisotopic (exact) mass is 644 g/mol. The lowest BCUT2D eigenvalue weighted by atomic mass is 10.1. The largest absolute Gasteiger partial charge is 0.496 e. The van der Waals surface area contributed by atoms with Crippen LogP contribution in [0.15, 0.2) is 60.7 Å². The lowest BCUT2D eigenvalue weighted by Gasteiger charge is -2.36. The molecule has 2 saturated heterocycles. The van der Waals surface area contributed by atoms with Crippen molar-refractivity contribution in [3.63, 3.8) is 0 Å². The van der Waals surface area contributed by atoms with Crippen molar-refractivity contribution < 1.29 is 19.2 Å². The van der Waals surface area contributed by atoms with Crippen LogP contribution < -0.4 is 15.0 Å². The second-order valence-electron chi connectivity index (χ2n) is 11.2. The summed E-state index contributed by atoms with van der Waals surface area (Å²) in [5.74, 6) is -0.110. The molecule has 0 aliphatic carbocycles. The summed E-state index contributed by atoms with van der Waals surface area (Å²) in [6, 6.07) is 17.3. The summed E-state index contributed by atoms with van der Waals surface area (Å²) < 4.78 is 6.93. The number of methoxy groups -OCH3 is 1. The van der Waals surface area contributed by atoms with Crippen LogP contribution in [0.2, 0.25) is 5.02 Å². The first kappa shape index (κ1) is 31.0. The van der Waals surface area contributed by atoms with Gasteiger partial charge in [-0.1, -0.05) is 41.1 Å². The molecular weight excluding hydrogens is 612 g/mol. The Bertz CT molecular complexity index is 1780. The van der Waals surface area contributed by atoms with Gasteiger partial charge in [0.05, 0.1) is 22.7 Å². The van der Waals surface area contributed by atoms with Crippen molar-refractivity contribution in [3.05, 3.63) is 92.6 Å². The van der Waals surface area contributed by atoms with Crippen LogP contribution in [0.3, 0.4) is 0 Å². The van der Waals surface area contributed by atoms with Crippen LogP contribution in [-0.4, -0.2) is 87.9 Å². The molecule has 2 aliphatic rings. The molecule has 2 aliphatic heterocycles. The smallest absolute Gasteiger partial charge is 0.294 e. The average molecular weight is 645 g/mol. The lowest BCUT2D eigenvalue weighted by Crippen LogP contribution is -2.49. The number of nitro groups is 1. The number of piperazine rings is 1. The number of hydrogen-bond donors (Lipinski definition) is 1. The van der Waals surface area contributed by atoms with E-state index in [2.05, 4.69) is 20.5 Å². The zero-order valence-electron chi connectivity index (χ0n) is 25.5.